The van der Waals surface area contributed by atoms with Crippen molar-refractivity contribution in [1.82, 2.24) is 5.32 Å². The molecule has 0 aromatic heterocycles. The summed E-state index contributed by atoms with van der Waals surface area (Å²) in [5.41, 5.74) is 6.98. The Labute approximate surface area is 133 Å². The highest BCUT2D eigenvalue weighted by atomic mass is 127. The molecular formula is C14H26IN3O. The lowest BCUT2D eigenvalue weighted by atomic mass is 9.86. The molecule has 2 aliphatic rings. The number of nitrogens with one attached hydrogen (secondary N) is 1. The summed E-state index contributed by atoms with van der Waals surface area (Å²) >= 11 is 0. The summed E-state index contributed by atoms with van der Waals surface area (Å²) < 4.78 is 5.66. The Balaban J connectivity index is 0.00000180. The number of rotatable bonds is 5. The Hall–Kier alpha value is -0.300. The fourth-order valence-electron chi connectivity index (χ4n) is 2.58. The largest absolute Gasteiger partial charge is 0.374 e. The van der Waals surface area contributed by atoms with E-state index < -0.39 is 0 Å². The van der Waals surface area contributed by atoms with E-state index in [1.165, 1.54) is 19.3 Å². The summed E-state index contributed by atoms with van der Waals surface area (Å²) in [5, 5.41) is 3.22. The van der Waals surface area contributed by atoms with E-state index in [1.807, 2.05) is 6.92 Å². The van der Waals surface area contributed by atoms with Crippen LogP contribution >= 0.6 is 24.0 Å². The van der Waals surface area contributed by atoms with Gasteiger partial charge in [0.25, 0.3) is 0 Å². The molecule has 0 amide bonds. The van der Waals surface area contributed by atoms with Crippen molar-refractivity contribution in [3.63, 3.8) is 0 Å². The van der Waals surface area contributed by atoms with Gasteiger partial charge in [0.05, 0.1) is 6.10 Å². The predicted molar refractivity (Wildman–Crippen MR) is 89.9 cm³/mol. The second-order valence-electron chi connectivity index (χ2n) is 5.59. The number of halogens is 1. The van der Waals surface area contributed by atoms with Crippen molar-refractivity contribution in [3.05, 3.63) is 12.2 Å². The highest BCUT2D eigenvalue weighted by Crippen LogP contribution is 2.26. The lowest BCUT2D eigenvalue weighted by Gasteiger charge is -2.23. The molecule has 0 spiro atoms. The number of hydrogen-bond donors (Lipinski definition) is 2. The molecule has 1 aliphatic carbocycles. The lowest BCUT2D eigenvalue weighted by molar-refractivity contribution is 0.119. The van der Waals surface area contributed by atoms with Crippen molar-refractivity contribution in [1.29, 1.82) is 0 Å². The van der Waals surface area contributed by atoms with E-state index in [9.17, 15) is 0 Å². The number of nitrogens with zero attached hydrogens (tertiary/aromatic N) is 1. The molecular weight excluding hydrogens is 353 g/mol. The average Bonchev–Trinajstić information content (AvgIpc) is 2.72. The average molecular weight is 379 g/mol. The van der Waals surface area contributed by atoms with Crippen molar-refractivity contribution in [3.8, 4) is 0 Å². The summed E-state index contributed by atoms with van der Waals surface area (Å²) in [7, 11) is 0. The Kier molecular flexibility index (Phi) is 7.13. The van der Waals surface area contributed by atoms with Crippen LogP contribution in [0.5, 0.6) is 0 Å². The molecule has 2 rings (SSSR count). The molecule has 0 bridgehead atoms. The lowest BCUT2D eigenvalue weighted by Crippen LogP contribution is -2.38. The van der Waals surface area contributed by atoms with E-state index in [1.54, 1.807) is 0 Å². The van der Waals surface area contributed by atoms with Gasteiger partial charge in [-0.3, -0.25) is 4.99 Å². The zero-order chi connectivity index (χ0) is 13.0. The zero-order valence-corrected chi connectivity index (χ0v) is 14.1. The normalized spacial score (nSPS) is 27.5. The first kappa shape index (κ1) is 16.8. The van der Waals surface area contributed by atoms with Crippen molar-refractivity contribution >= 4 is 29.9 Å². The number of hydrogen-bond acceptors (Lipinski definition) is 2. The van der Waals surface area contributed by atoms with Crippen LogP contribution in [0.25, 0.3) is 0 Å². The Morgan fingerprint density at radius 2 is 2.16 bits per heavy atom. The number of guanidine groups is 1. The first-order chi connectivity index (χ1) is 8.66. The standard InChI is InChI=1S/C14H25N3O.HI/c1-10(2)13-12(6-7-18-13)9-17-14(15)16-8-11-4-3-5-11;/h11-13H,1,3-9H2,2H3,(H3,15,16,17);1H. The smallest absolute Gasteiger partial charge is 0.188 e. The summed E-state index contributed by atoms with van der Waals surface area (Å²) in [4.78, 5) is 4.40. The first-order valence-electron chi connectivity index (χ1n) is 6.97. The highest BCUT2D eigenvalue weighted by Gasteiger charge is 2.28. The second kappa shape index (κ2) is 8.09. The summed E-state index contributed by atoms with van der Waals surface area (Å²) in [6, 6.07) is 0. The van der Waals surface area contributed by atoms with E-state index in [0.29, 0.717) is 11.9 Å². The number of nitrogens with two attached hydrogens (primary N) is 1. The van der Waals surface area contributed by atoms with E-state index >= 15 is 0 Å². The number of aliphatic imine (C=N–C) groups is 1. The molecule has 5 heteroatoms. The maximum atomic E-state index is 5.88. The maximum absolute atomic E-state index is 5.88. The summed E-state index contributed by atoms with van der Waals surface area (Å²) in [5.74, 6) is 1.82. The SMILES string of the molecule is C=C(C)C1OCCC1CNC(N)=NCC1CCC1.I. The molecule has 110 valence electrons. The minimum absolute atomic E-state index is 0. The van der Waals surface area contributed by atoms with Crippen molar-refractivity contribution < 1.29 is 4.74 Å². The molecule has 1 aliphatic heterocycles. The highest BCUT2D eigenvalue weighted by molar-refractivity contribution is 14.0. The van der Waals surface area contributed by atoms with Crippen LogP contribution in [-0.2, 0) is 4.74 Å². The van der Waals surface area contributed by atoms with Gasteiger partial charge in [0, 0.05) is 25.6 Å². The van der Waals surface area contributed by atoms with Crippen molar-refractivity contribution in [2.45, 2.75) is 38.7 Å². The van der Waals surface area contributed by atoms with Gasteiger partial charge in [0.2, 0.25) is 0 Å². The van der Waals surface area contributed by atoms with E-state index in [0.717, 1.165) is 37.6 Å². The molecule has 2 fully saturated rings. The molecule has 0 aromatic rings. The topological polar surface area (TPSA) is 59.6 Å². The van der Waals surface area contributed by atoms with Gasteiger partial charge < -0.3 is 15.8 Å². The molecule has 0 radical (unpaired) electrons. The van der Waals surface area contributed by atoms with E-state index in [2.05, 4.69) is 16.9 Å². The Morgan fingerprint density at radius 1 is 1.42 bits per heavy atom. The molecule has 3 N–H and O–H groups in total. The maximum Gasteiger partial charge on any atom is 0.188 e. The van der Waals surface area contributed by atoms with Crippen LogP contribution in [0.3, 0.4) is 0 Å². The third-order valence-corrected chi connectivity index (χ3v) is 3.99. The van der Waals surface area contributed by atoms with Crippen LogP contribution in [0.15, 0.2) is 17.1 Å². The fourth-order valence-corrected chi connectivity index (χ4v) is 2.58. The molecule has 2 atom stereocenters. The predicted octanol–water partition coefficient (Wildman–Crippen LogP) is 2.29. The third-order valence-electron chi connectivity index (χ3n) is 3.99. The fraction of sp³-hybridized carbons (Fsp3) is 0.786. The van der Waals surface area contributed by atoms with Crippen LogP contribution < -0.4 is 11.1 Å². The third kappa shape index (κ3) is 4.95. The van der Waals surface area contributed by atoms with E-state index in [-0.39, 0.29) is 30.1 Å². The molecule has 1 heterocycles. The van der Waals surface area contributed by atoms with Crippen LogP contribution in [-0.4, -0.2) is 31.8 Å². The van der Waals surface area contributed by atoms with Gasteiger partial charge in [-0.25, -0.2) is 0 Å². The van der Waals surface area contributed by atoms with Gasteiger partial charge >= 0.3 is 0 Å². The minimum Gasteiger partial charge on any atom is -0.374 e. The van der Waals surface area contributed by atoms with Gasteiger partial charge in [-0.05, 0) is 32.1 Å². The monoisotopic (exact) mass is 379 g/mol. The Morgan fingerprint density at radius 3 is 2.74 bits per heavy atom. The zero-order valence-electron chi connectivity index (χ0n) is 11.7. The first-order valence-corrected chi connectivity index (χ1v) is 6.97. The molecule has 1 saturated heterocycles. The molecule has 19 heavy (non-hydrogen) atoms. The molecule has 0 aromatic carbocycles. The minimum atomic E-state index is 0. The van der Waals surface area contributed by atoms with Crippen molar-refractivity contribution in [2.24, 2.45) is 22.6 Å². The summed E-state index contributed by atoms with van der Waals surface area (Å²) in [6.07, 6.45) is 5.22. The second-order valence-corrected chi connectivity index (χ2v) is 5.59. The van der Waals surface area contributed by atoms with Gasteiger partial charge in [-0.2, -0.15) is 0 Å². The van der Waals surface area contributed by atoms with Gasteiger partial charge in [-0.15, -0.1) is 24.0 Å². The quantitative estimate of drug-likeness (QED) is 0.334. The van der Waals surface area contributed by atoms with Crippen LogP contribution in [0, 0.1) is 11.8 Å². The Bertz CT molecular complexity index is 329. The van der Waals surface area contributed by atoms with Crippen molar-refractivity contribution in [2.75, 3.05) is 19.7 Å². The van der Waals surface area contributed by atoms with Gasteiger partial charge in [0.1, 0.15) is 0 Å². The number of ether oxygens (including phenoxy) is 1. The van der Waals surface area contributed by atoms with Crippen LogP contribution in [0.4, 0.5) is 0 Å². The van der Waals surface area contributed by atoms with Crippen LogP contribution in [0.2, 0.25) is 0 Å². The molecule has 4 nitrogen and oxygen atoms in total. The van der Waals surface area contributed by atoms with Gasteiger partial charge in [-0.1, -0.05) is 18.6 Å². The van der Waals surface area contributed by atoms with Crippen LogP contribution in [0.1, 0.15) is 32.6 Å². The molecule has 1 saturated carbocycles. The van der Waals surface area contributed by atoms with Gasteiger partial charge in [0.15, 0.2) is 5.96 Å². The molecule has 2 unspecified atom stereocenters. The summed E-state index contributed by atoms with van der Waals surface area (Å²) in [6.45, 7) is 8.54. The van der Waals surface area contributed by atoms with E-state index in [4.69, 9.17) is 10.5 Å².